The fourth-order valence-corrected chi connectivity index (χ4v) is 2.27. The number of aryl methyl sites for hydroxylation is 2. The van der Waals surface area contributed by atoms with Crippen LogP contribution in [0.5, 0.6) is 0 Å². The van der Waals surface area contributed by atoms with Gasteiger partial charge in [-0.05, 0) is 43.9 Å². The maximum absolute atomic E-state index is 5.52. The van der Waals surface area contributed by atoms with E-state index in [9.17, 15) is 0 Å². The third kappa shape index (κ3) is 2.83. The van der Waals surface area contributed by atoms with Crippen LogP contribution >= 0.6 is 0 Å². The van der Waals surface area contributed by atoms with E-state index in [1.807, 2.05) is 0 Å². The number of hydrogen-bond acceptors (Lipinski definition) is 2. The summed E-state index contributed by atoms with van der Waals surface area (Å²) in [5.41, 5.74) is 9.92. The summed E-state index contributed by atoms with van der Waals surface area (Å²) in [6.07, 6.45) is 3.52. The Labute approximate surface area is 98.2 Å². The molecule has 1 heterocycles. The maximum atomic E-state index is 5.52. The number of unbranched alkanes of at least 4 members (excludes halogenated alkanes) is 1. The average molecular weight is 218 g/mol. The summed E-state index contributed by atoms with van der Waals surface area (Å²) in [6, 6.07) is 7.03. The van der Waals surface area contributed by atoms with E-state index in [4.69, 9.17) is 5.73 Å². The summed E-state index contributed by atoms with van der Waals surface area (Å²) in [5, 5.41) is 3.33. The van der Waals surface area contributed by atoms with Gasteiger partial charge in [0.15, 0.2) is 0 Å². The number of benzene rings is 1. The predicted molar refractivity (Wildman–Crippen MR) is 68.8 cm³/mol. The van der Waals surface area contributed by atoms with Crippen LogP contribution in [-0.2, 0) is 6.42 Å². The van der Waals surface area contributed by atoms with Gasteiger partial charge in [-0.2, -0.15) is 0 Å². The van der Waals surface area contributed by atoms with Gasteiger partial charge < -0.3 is 11.1 Å². The number of hydrogen-bond donors (Lipinski definition) is 2. The van der Waals surface area contributed by atoms with E-state index in [0.29, 0.717) is 0 Å². The Kier molecular flexibility index (Phi) is 3.97. The molecule has 0 aliphatic carbocycles. The molecule has 1 aromatic carbocycles. The van der Waals surface area contributed by atoms with Crippen molar-refractivity contribution in [2.45, 2.75) is 32.1 Å². The van der Waals surface area contributed by atoms with E-state index in [1.54, 1.807) is 0 Å². The van der Waals surface area contributed by atoms with Crippen LogP contribution in [0.4, 0.5) is 0 Å². The molecule has 0 bridgehead atoms. The molecular weight excluding hydrogens is 196 g/mol. The molecule has 0 amide bonds. The highest BCUT2D eigenvalue weighted by atomic mass is 14.9. The summed E-state index contributed by atoms with van der Waals surface area (Å²) < 4.78 is 0. The first-order valence-corrected chi connectivity index (χ1v) is 6.31. The molecule has 1 fully saturated rings. The summed E-state index contributed by atoms with van der Waals surface area (Å²) >= 11 is 0. The SMILES string of the molecule is Cc1cc(CCCCN)cc(C2CNC2)c1. The van der Waals surface area contributed by atoms with Gasteiger partial charge in [-0.15, -0.1) is 0 Å². The van der Waals surface area contributed by atoms with Gasteiger partial charge in [-0.25, -0.2) is 0 Å². The van der Waals surface area contributed by atoms with Crippen molar-refractivity contribution < 1.29 is 0 Å². The lowest BCUT2D eigenvalue weighted by atomic mass is 9.90. The van der Waals surface area contributed by atoms with Crippen LogP contribution in [0, 0.1) is 6.92 Å². The van der Waals surface area contributed by atoms with Gasteiger partial charge in [0.05, 0.1) is 0 Å². The van der Waals surface area contributed by atoms with Crippen LogP contribution < -0.4 is 11.1 Å². The molecule has 0 atom stereocenters. The monoisotopic (exact) mass is 218 g/mol. The number of nitrogens with one attached hydrogen (secondary N) is 1. The van der Waals surface area contributed by atoms with Crippen LogP contribution in [0.25, 0.3) is 0 Å². The molecule has 1 saturated heterocycles. The molecule has 3 N–H and O–H groups in total. The Bertz CT molecular complexity index is 343. The van der Waals surface area contributed by atoms with Crippen molar-refractivity contribution in [1.82, 2.24) is 5.32 Å². The predicted octanol–water partition coefficient (Wildman–Crippen LogP) is 1.96. The standard InChI is InChI=1S/C14H22N2/c1-11-6-12(4-2-3-5-15)8-13(7-11)14-9-16-10-14/h6-8,14,16H,2-5,9-10,15H2,1H3. The topological polar surface area (TPSA) is 38.0 Å². The largest absolute Gasteiger partial charge is 0.330 e. The van der Waals surface area contributed by atoms with Crippen LogP contribution in [0.1, 0.15) is 35.4 Å². The van der Waals surface area contributed by atoms with E-state index in [1.165, 1.54) is 29.5 Å². The van der Waals surface area contributed by atoms with Gasteiger partial charge in [0.2, 0.25) is 0 Å². The molecule has 1 aliphatic heterocycles. The normalized spacial score (nSPS) is 16.1. The Balaban J connectivity index is 2.03. The van der Waals surface area contributed by atoms with Crippen molar-refractivity contribution in [3.05, 3.63) is 34.9 Å². The zero-order valence-corrected chi connectivity index (χ0v) is 10.1. The minimum Gasteiger partial charge on any atom is -0.330 e. The van der Waals surface area contributed by atoms with Gasteiger partial charge in [-0.1, -0.05) is 23.8 Å². The summed E-state index contributed by atoms with van der Waals surface area (Å²) in [4.78, 5) is 0. The molecule has 16 heavy (non-hydrogen) atoms. The molecule has 2 rings (SSSR count). The van der Waals surface area contributed by atoms with Crippen molar-refractivity contribution in [2.24, 2.45) is 5.73 Å². The fraction of sp³-hybridized carbons (Fsp3) is 0.571. The fourth-order valence-electron chi connectivity index (χ4n) is 2.27. The molecule has 2 nitrogen and oxygen atoms in total. The minimum absolute atomic E-state index is 0.744. The summed E-state index contributed by atoms with van der Waals surface area (Å²) in [6.45, 7) is 5.30. The van der Waals surface area contributed by atoms with Crippen molar-refractivity contribution in [3.8, 4) is 0 Å². The second-order valence-electron chi connectivity index (χ2n) is 4.85. The van der Waals surface area contributed by atoms with Gasteiger partial charge in [-0.3, -0.25) is 0 Å². The second-order valence-corrected chi connectivity index (χ2v) is 4.85. The molecule has 0 aromatic heterocycles. The van der Waals surface area contributed by atoms with E-state index >= 15 is 0 Å². The summed E-state index contributed by atoms with van der Waals surface area (Å²) in [7, 11) is 0. The average Bonchev–Trinajstić information content (AvgIpc) is 2.14. The molecule has 0 radical (unpaired) electrons. The highest BCUT2D eigenvalue weighted by molar-refractivity contribution is 5.33. The second kappa shape index (κ2) is 5.46. The van der Waals surface area contributed by atoms with Gasteiger partial charge in [0, 0.05) is 19.0 Å². The van der Waals surface area contributed by atoms with E-state index in [2.05, 4.69) is 30.4 Å². The van der Waals surface area contributed by atoms with Crippen molar-refractivity contribution in [1.29, 1.82) is 0 Å². The first-order chi connectivity index (χ1) is 7.79. The lowest BCUT2D eigenvalue weighted by Gasteiger charge is -2.28. The van der Waals surface area contributed by atoms with Crippen LogP contribution in [0.3, 0.4) is 0 Å². The maximum Gasteiger partial charge on any atom is 0.00887 e. The Hall–Kier alpha value is -0.860. The molecule has 0 saturated carbocycles. The third-order valence-corrected chi connectivity index (χ3v) is 3.33. The summed E-state index contributed by atoms with van der Waals surface area (Å²) in [5.74, 6) is 0.744. The molecule has 1 aromatic rings. The van der Waals surface area contributed by atoms with E-state index in [0.717, 1.165) is 32.0 Å². The first-order valence-electron chi connectivity index (χ1n) is 6.31. The first kappa shape index (κ1) is 11.6. The number of rotatable bonds is 5. The minimum atomic E-state index is 0.744. The van der Waals surface area contributed by atoms with E-state index < -0.39 is 0 Å². The van der Waals surface area contributed by atoms with Crippen molar-refractivity contribution in [2.75, 3.05) is 19.6 Å². The lowest BCUT2D eigenvalue weighted by molar-refractivity contribution is 0.448. The van der Waals surface area contributed by atoms with Crippen molar-refractivity contribution >= 4 is 0 Å². The molecule has 2 heteroatoms. The number of nitrogens with two attached hydrogens (primary N) is 1. The highest BCUT2D eigenvalue weighted by Gasteiger charge is 2.19. The molecular formula is C14H22N2. The van der Waals surface area contributed by atoms with E-state index in [-0.39, 0.29) is 0 Å². The zero-order valence-electron chi connectivity index (χ0n) is 10.1. The highest BCUT2D eigenvalue weighted by Crippen LogP contribution is 2.23. The Morgan fingerprint density at radius 3 is 2.69 bits per heavy atom. The molecule has 1 aliphatic rings. The lowest BCUT2D eigenvalue weighted by Crippen LogP contribution is -2.39. The van der Waals surface area contributed by atoms with Gasteiger partial charge in [0.25, 0.3) is 0 Å². The third-order valence-electron chi connectivity index (χ3n) is 3.33. The molecule has 0 unspecified atom stereocenters. The Morgan fingerprint density at radius 1 is 1.25 bits per heavy atom. The quantitative estimate of drug-likeness (QED) is 0.741. The smallest absolute Gasteiger partial charge is 0.00887 e. The Morgan fingerprint density at radius 2 is 2.06 bits per heavy atom. The molecule has 88 valence electrons. The van der Waals surface area contributed by atoms with Crippen LogP contribution in [-0.4, -0.2) is 19.6 Å². The van der Waals surface area contributed by atoms with Gasteiger partial charge in [0.1, 0.15) is 0 Å². The van der Waals surface area contributed by atoms with Crippen LogP contribution in [0.15, 0.2) is 18.2 Å². The molecule has 0 spiro atoms. The zero-order chi connectivity index (χ0) is 11.4. The van der Waals surface area contributed by atoms with Crippen molar-refractivity contribution in [3.63, 3.8) is 0 Å². The van der Waals surface area contributed by atoms with Gasteiger partial charge >= 0.3 is 0 Å². The van der Waals surface area contributed by atoms with Crippen LogP contribution in [0.2, 0.25) is 0 Å².